The van der Waals surface area contributed by atoms with Crippen molar-refractivity contribution in [3.05, 3.63) is 94.9 Å². The Hall–Kier alpha value is -4.66. The molecular formula is C29H32N6O7S. The summed E-state index contributed by atoms with van der Waals surface area (Å²) in [5, 5.41) is 22.5. The molecule has 4 rings (SSSR count). The standard InChI is InChI=1S/C29H32N6O7S/c1-33(2)18-8-13-27(36)30-23-16-14-22(15-17-23)29-32-31-28(42-29)21-34(19-20-41-24-9-4-3-5-10-24)43(39,40)26-12-7-6-11-25(26)35(37)38/h3-7,9-12,14-17H,8,13,18-21H2,1-2H3,(H,30,36). The van der Waals surface area contributed by atoms with Crippen LogP contribution < -0.4 is 10.1 Å². The van der Waals surface area contributed by atoms with Crippen LogP contribution in [-0.4, -0.2) is 72.4 Å². The average molecular weight is 609 g/mol. The number of anilines is 1. The lowest BCUT2D eigenvalue weighted by Crippen LogP contribution is -2.34. The monoisotopic (exact) mass is 608 g/mol. The van der Waals surface area contributed by atoms with Gasteiger partial charge in [0.1, 0.15) is 12.4 Å². The fourth-order valence-electron chi connectivity index (χ4n) is 4.09. The fourth-order valence-corrected chi connectivity index (χ4v) is 5.62. The molecular weight excluding hydrogens is 576 g/mol. The van der Waals surface area contributed by atoms with E-state index in [9.17, 15) is 23.3 Å². The lowest BCUT2D eigenvalue weighted by molar-refractivity contribution is -0.387. The van der Waals surface area contributed by atoms with Crippen LogP contribution in [0.5, 0.6) is 5.75 Å². The fraction of sp³-hybridized carbons (Fsp3) is 0.276. The lowest BCUT2D eigenvalue weighted by Gasteiger charge is -2.20. The molecule has 0 saturated carbocycles. The quantitative estimate of drug-likeness (QED) is 0.153. The van der Waals surface area contributed by atoms with Crippen LogP contribution in [0.3, 0.4) is 0 Å². The van der Waals surface area contributed by atoms with Gasteiger partial charge in [0.2, 0.25) is 17.7 Å². The van der Waals surface area contributed by atoms with E-state index in [1.165, 1.54) is 18.2 Å². The molecule has 0 fully saturated rings. The number of nitrogens with one attached hydrogen (secondary N) is 1. The minimum absolute atomic E-state index is 0.0184. The maximum Gasteiger partial charge on any atom is 0.289 e. The lowest BCUT2D eigenvalue weighted by atomic mass is 10.2. The van der Waals surface area contributed by atoms with Gasteiger partial charge in [-0.2, -0.15) is 4.31 Å². The molecule has 1 amide bonds. The molecule has 0 unspecified atom stereocenters. The van der Waals surface area contributed by atoms with Crippen LogP contribution in [0.2, 0.25) is 0 Å². The Morgan fingerprint density at radius 1 is 0.977 bits per heavy atom. The SMILES string of the molecule is CN(C)CCCC(=O)Nc1ccc(-c2nnc(CN(CCOc3ccccc3)S(=O)(=O)c3ccccc3[N+](=O)[O-])o2)cc1. The highest BCUT2D eigenvalue weighted by atomic mass is 32.2. The second-order valence-electron chi connectivity index (χ2n) is 9.76. The number of ether oxygens (including phenoxy) is 1. The van der Waals surface area contributed by atoms with Gasteiger partial charge in [-0.25, -0.2) is 8.42 Å². The molecule has 1 aromatic heterocycles. The normalized spacial score (nSPS) is 11.5. The van der Waals surface area contributed by atoms with Gasteiger partial charge in [-0.3, -0.25) is 14.9 Å². The number of aromatic nitrogens is 2. The molecule has 0 bridgehead atoms. The van der Waals surface area contributed by atoms with Crippen LogP contribution in [0.1, 0.15) is 18.7 Å². The van der Waals surface area contributed by atoms with Crippen molar-refractivity contribution in [1.29, 1.82) is 0 Å². The second kappa shape index (κ2) is 14.5. The number of sulfonamides is 1. The number of benzene rings is 3. The van der Waals surface area contributed by atoms with Crippen molar-refractivity contribution in [1.82, 2.24) is 19.4 Å². The number of carbonyl (C=O) groups is 1. The molecule has 1 N–H and O–H groups in total. The molecule has 13 nitrogen and oxygen atoms in total. The highest BCUT2D eigenvalue weighted by Crippen LogP contribution is 2.28. The Morgan fingerprint density at radius 2 is 1.67 bits per heavy atom. The second-order valence-corrected chi connectivity index (χ2v) is 11.7. The first kappa shape index (κ1) is 31.3. The van der Waals surface area contributed by atoms with Crippen molar-refractivity contribution in [2.75, 3.05) is 39.1 Å². The van der Waals surface area contributed by atoms with Crippen molar-refractivity contribution in [3.63, 3.8) is 0 Å². The van der Waals surface area contributed by atoms with Crippen LogP contribution in [0.15, 0.2) is 88.2 Å². The summed E-state index contributed by atoms with van der Waals surface area (Å²) in [6.45, 7) is 0.282. The van der Waals surface area contributed by atoms with Crippen LogP contribution in [0.25, 0.3) is 11.5 Å². The summed E-state index contributed by atoms with van der Waals surface area (Å²) in [5.41, 5.74) is 0.621. The van der Waals surface area contributed by atoms with Crippen LogP contribution in [0.4, 0.5) is 11.4 Å². The predicted molar refractivity (Wildman–Crippen MR) is 159 cm³/mol. The van der Waals surface area contributed by atoms with Crippen molar-refractivity contribution >= 4 is 27.3 Å². The summed E-state index contributed by atoms with van der Waals surface area (Å²) in [6.07, 6.45) is 1.14. The maximum atomic E-state index is 13.6. The highest BCUT2D eigenvalue weighted by Gasteiger charge is 2.32. The Kier molecular flexibility index (Phi) is 10.5. The number of hydrogen-bond acceptors (Lipinski definition) is 10. The Bertz CT molecular complexity index is 1630. The van der Waals surface area contributed by atoms with Crippen LogP contribution in [-0.2, 0) is 21.4 Å². The Balaban J connectivity index is 1.49. The van der Waals surface area contributed by atoms with E-state index in [1.54, 1.807) is 48.5 Å². The molecule has 43 heavy (non-hydrogen) atoms. The maximum absolute atomic E-state index is 13.6. The van der Waals surface area contributed by atoms with Crippen LogP contribution >= 0.6 is 0 Å². The molecule has 4 aromatic rings. The van der Waals surface area contributed by atoms with Gasteiger partial charge < -0.3 is 19.4 Å². The molecule has 226 valence electrons. The molecule has 0 aliphatic rings. The molecule has 1 heterocycles. The van der Waals surface area contributed by atoms with Crippen molar-refractivity contribution in [2.45, 2.75) is 24.3 Å². The largest absolute Gasteiger partial charge is 0.492 e. The van der Waals surface area contributed by atoms with E-state index in [2.05, 4.69) is 15.5 Å². The number of hydrogen-bond donors (Lipinski definition) is 1. The molecule has 0 atom stereocenters. The zero-order valence-electron chi connectivity index (χ0n) is 23.8. The number of nitro benzene ring substituents is 1. The third-order valence-corrected chi connectivity index (χ3v) is 8.13. The number of amides is 1. The summed E-state index contributed by atoms with van der Waals surface area (Å²) in [4.78, 5) is 24.6. The van der Waals surface area contributed by atoms with Crippen molar-refractivity contribution in [2.24, 2.45) is 0 Å². The highest BCUT2D eigenvalue weighted by molar-refractivity contribution is 7.89. The van der Waals surface area contributed by atoms with Crippen LogP contribution in [0, 0.1) is 10.1 Å². The summed E-state index contributed by atoms with van der Waals surface area (Å²) in [6, 6.07) is 20.8. The van der Waals surface area contributed by atoms with Gasteiger partial charge in [0.25, 0.3) is 15.7 Å². The van der Waals surface area contributed by atoms with Gasteiger partial charge in [-0.1, -0.05) is 30.3 Å². The first-order chi connectivity index (χ1) is 20.6. The van der Waals surface area contributed by atoms with Gasteiger partial charge in [0, 0.05) is 30.3 Å². The minimum atomic E-state index is -4.37. The van der Waals surface area contributed by atoms with E-state index in [0.29, 0.717) is 23.4 Å². The number of nitrogens with zero attached hydrogens (tertiary/aromatic N) is 5. The summed E-state index contributed by atoms with van der Waals surface area (Å²) < 4.78 is 39.8. The molecule has 0 spiro atoms. The zero-order valence-corrected chi connectivity index (χ0v) is 24.6. The Morgan fingerprint density at radius 3 is 2.37 bits per heavy atom. The first-order valence-corrected chi connectivity index (χ1v) is 14.9. The summed E-state index contributed by atoms with van der Waals surface area (Å²) in [5.74, 6) is 0.572. The average Bonchev–Trinajstić information content (AvgIpc) is 3.46. The molecule has 0 aliphatic heterocycles. The van der Waals surface area contributed by atoms with E-state index < -0.39 is 25.5 Å². The third-order valence-electron chi connectivity index (χ3n) is 6.24. The smallest absolute Gasteiger partial charge is 0.289 e. The van der Waals surface area contributed by atoms with E-state index >= 15 is 0 Å². The minimum Gasteiger partial charge on any atom is -0.492 e. The zero-order chi connectivity index (χ0) is 30.8. The van der Waals surface area contributed by atoms with E-state index in [-0.39, 0.29) is 37.4 Å². The number of para-hydroxylation sites is 2. The molecule has 0 radical (unpaired) electrons. The van der Waals surface area contributed by atoms with E-state index in [0.717, 1.165) is 23.3 Å². The first-order valence-electron chi connectivity index (χ1n) is 13.4. The number of carbonyl (C=O) groups excluding carboxylic acids is 1. The summed E-state index contributed by atoms with van der Waals surface area (Å²) >= 11 is 0. The molecule has 0 saturated heterocycles. The number of nitro groups is 1. The van der Waals surface area contributed by atoms with E-state index in [1.807, 2.05) is 25.1 Å². The molecule has 3 aromatic carbocycles. The van der Waals surface area contributed by atoms with Gasteiger partial charge in [-0.15, -0.1) is 10.2 Å². The van der Waals surface area contributed by atoms with Gasteiger partial charge in [0.05, 0.1) is 11.5 Å². The third kappa shape index (κ3) is 8.67. The number of rotatable bonds is 15. The van der Waals surface area contributed by atoms with Gasteiger partial charge in [-0.05, 0) is 69.5 Å². The van der Waals surface area contributed by atoms with E-state index in [4.69, 9.17) is 9.15 Å². The van der Waals surface area contributed by atoms with Crippen molar-refractivity contribution < 1.29 is 27.3 Å². The predicted octanol–water partition coefficient (Wildman–Crippen LogP) is 4.20. The van der Waals surface area contributed by atoms with Gasteiger partial charge in [0.15, 0.2) is 4.90 Å². The molecule has 0 aliphatic carbocycles. The van der Waals surface area contributed by atoms with Gasteiger partial charge >= 0.3 is 0 Å². The topological polar surface area (TPSA) is 161 Å². The Labute approximate surface area is 249 Å². The molecule has 14 heteroatoms. The van der Waals surface area contributed by atoms with Crippen molar-refractivity contribution in [3.8, 4) is 17.2 Å². The summed E-state index contributed by atoms with van der Waals surface area (Å²) in [7, 11) is -0.472.